The maximum atomic E-state index is 13.2. The fourth-order valence-electron chi connectivity index (χ4n) is 1.56. The smallest absolute Gasteiger partial charge is 0.323 e. The van der Waals surface area contributed by atoms with Gasteiger partial charge in [0.25, 0.3) is 0 Å². The standard InChI is InChI=1S/C13H17F2NO3/c1-13(16-2,12(17)18)7-4-8-19-11-9(14)5-3-6-10(11)15/h3,5-6,16H,4,7-8H2,1-2H3,(H,17,18). The lowest BCUT2D eigenvalue weighted by Gasteiger charge is -2.23. The number of carboxylic acids is 1. The molecule has 0 aliphatic rings. The minimum Gasteiger partial charge on any atom is -0.488 e. The predicted octanol–water partition coefficient (Wildman–Crippen LogP) is 2.19. The van der Waals surface area contributed by atoms with Crippen molar-refractivity contribution in [3.63, 3.8) is 0 Å². The van der Waals surface area contributed by atoms with E-state index in [0.717, 1.165) is 12.1 Å². The van der Waals surface area contributed by atoms with Crippen LogP contribution in [0.2, 0.25) is 0 Å². The van der Waals surface area contributed by atoms with Gasteiger partial charge < -0.3 is 15.2 Å². The molecule has 0 heterocycles. The summed E-state index contributed by atoms with van der Waals surface area (Å²) >= 11 is 0. The Morgan fingerprint density at radius 3 is 2.47 bits per heavy atom. The Morgan fingerprint density at radius 2 is 2.00 bits per heavy atom. The van der Waals surface area contributed by atoms with Crippen molar-refractivity contribution in [1.82, 2.24) is 5.32 Å². The zero-order chi connectivity index (χ0) is 14.5. The molecule has 1 rings (SSSR count). The molecule has 0 aromatic heterocycles. The number of nitrogens with one attached hydrogen (secondary N) is 1. The van der Waals surface area contributed by atoms with Crippen molar-refractivity contribution in [1.29, 1.82) is 0 Å². The van der Waals surface area contributed by atoms with Crippen molar-refractivity contribution < 1.29 is 23.4 Å². The Morgan fingerprint density at radius 1 is 1.42 bits per heavy atom. The second kappa shape index (κ2) is 6.47. The number of hydrogen-bond acceptors (Lipinski definition) is 3. The van der Waals surface area contributed by atoms with Gasteiger partial charge in [0, 0.05) is 0 Å². The number of benzene rings is 1. The van der Waals surface area contributed by atoms with E-state index in [-0.39, 0.29) is 13.0 Å². The van der Waals surface area contributed by atoms with Crippen molar-refractivity contribution in [2.45, 2.75) is 25.3 Å². The van der Waals surface area contributed by atoms with Gasteiger partial charge in [0.05, 0.1) is 6.61 Å². The molecule has 0 radical (unpaired) electrons. The summed E-state index contributed by atoms with van der Waals surface area (Å²) in [5.41, 5.74) is -1.07. The van der Waals surface area contributed by atoms with Crippen LogP contribution in [0.4, 0.5) is 8.78 Å². The first-order valence-electron chi connectivity index (χ1n) is 5.90. The van der Waals surface area contributed by atoms with E-state index < -0.39 is 28.9 Å². The molecule has 106 valence electrons. The van der Waals surface area contributed by atoms with E-state index in [2.05, 4.69) is 5.32 Å². The Hall–Kier alpha value is -1.69. The number of carbonyl (C=O) groups is 1. The minimum absolute atomic E-state index is 0.0441. The van der Waals surface area contributed by atoms with Crippen LogP contribution >= 0.6 is 0 Å². The van der Waals surface area contributed by atoms with Crippen LogP contribution in [0.15, 0.2) is 18.2 Å². The van der Waals surface area contributed by atoms with Crippen LogP contribution in [0.1, 0.15) is 19.8 Å². The highest BCUT2D eigenvalue weighted by molar-refractivity contribution is 5.78. The van der Waals surface area contributed by atoms with Gasteiger partial charge in [-0.25, -0.2) is 8.78 Å². The fourth-order valence-corrected chi connectivity index (χ4v) is 1.56. The van der Waals surface area contributed by atoms with Crippen LogP contribution in [0.25, 0.3) is 0 Å². The van der Waals surface area contributed by atoms with Gasteiger partial charge in [-0.15, -0.1) is 0 Å². The van der Waals surface area contributed by atoms with Gasteiger partial charge >= 0.3 is 5.97 Å². The average Bonchev–Trinajstić information content (AvgIpc) is 2.36. The van der Waals surface area contributed by atoms with Crippen molar-refractivity contribution in [2.75, 3.05) is 13.7 Å². The summed E-state index contributed by atoms with van der Waals surface area (Å²) < 4.78 is 31.5. The number of para-hydroxylation sites is 1. The highest BCUT2D eigenvalue weighted by Gasteiger charge is 2.30. The molecule has 1 atom stereocenters. The quantitative estimate of drug-likeness (QED) is 0.748. The number of halogens is 2. The van der Waals surface area contributed by atoms with Gasteiger partial charge in [-0.3, -0.25) is 4.79 Å². The molecule has 0 amide bonds. The Bertz CT molecular complexity index is 433. The second-order valence-corrected chi connectivity index (χ2v) is 4.39. The maximum Gasteiger partial charge on any atom is 0.323 e. The highest BCUT2D eigenvalue weighted by Crippen LogP contribution is 2.21. The molecule has 0 bridgehead atoms. The summed E-state index contributed by atoms with van der Waals surface area (Å²) in [7, 11) is 1.55. The van der Waals surface area contributed by atoms with Gasteiger partial charge in [0.2, 0.25) is 0 Å². The van der Waals surface area contributed by atoms with Crippen molar-refractivity contribution in [3.05, 3.63) is 29.8 Å². The Balaban J connectivity index is 2.49. The molecule has 0 aliphatic carbocycles. The van der Waals surface area contributed by atoms with Gasteiger partial charge in [-0.1, -0.05) is 6.07 Å². The van der Waals surface area contributed by atoms with E-state index in [9.17, 15) is 13.6 Å². The zero-order valence-electron chi connectivity index (χ0n) is 10.9. The normalized spacial score (nSPS) is 13.9. The lowest BCUT2D eigenvalue weighted by molar-refractivity contribution is -0.144. The second-order valence-electron chi connectivity index (χ2n) is 4.39. The molecule has 19 heavy (non-hydrogen) atoms. The molecule has 1 unspecified atom stereocenters. The van der Waals surface area contributed by atoms with Crippen LogP contribution in [-0.2, 0) is 4.79 Å². The number of aliphatic carboxylic acids is 1. The average molecular weight is 273 g/mol. The van der Waals surface area contributed by atoms with Crippen LogP contribution in [0, 0.1) is 11.6 Å². The summed E-state index contributed by atoms with van der Waals surface area (Å²) in [6.07, 6.45) is 0.645. The summed E-state index contributed by atoms with van der Waals surface area (Å²) in [4.78, 5) is 11.0. The lowest BCUT2D eigenvalue weighted by atomic mass is 9.96. The van der Waals surface area contributed by atoms with E-state index in [0.29, 0.717) is 6.42 Å². The maximum absolute atomic E-state index is 13.2. The van der Waals surface area contributed by atoms with E-state index in [4.69, 9.17) is 9.84 Å². The molecule has 6 heteroatoms. The van der Waals surface area contributed by atoms with E-state index >= 15 is 0 Å². The molecule has 1 aromatic carbocycles. The lowest BCUT2D eigenvalue weighted by Crippen LogP contribution is -2.47. The van der Waals surface area contributed by atoms with Gasteiger partial charge in [-0.05, 0) is 38.9 Å². The van der Waals surface area contributed by atoms with Crippen molar-refractivity contribution in [3.8, 4) is 5.75 Å². The van der Waals surface area contributed by atoms with E-state index in [1.165, 1.54) is 6.07 Å². The molecule has 2 N–H and O–H groups in total. The molecule has 4 nitrogen and oxygen atoms in total. The topological polar surface area (TPSA) is 58.6 Å². The van der Waals surface area contributed by atoms with Gasteiger partial charge in [0.1, 0.15) is 5.54 Å². The van der Waals surface area contributed by atoms with Gasteiger partial charge in [-0.2, -0.15) is 0 Å². The van der Waals surface area contributed by atoms with Crippen LogP contribution < -0.4 is 10.1 Å². The molecule has 0 saturated heterocycles. The molecule has 1 aromatic rings. The summed E-state index contributed by atoms with van der Waals surface area (Å²) in [5.74, 6) is -2.94. The first kappa shape index (κ1) is 15.4. The highest BCUT2D eigenvalue weighted by atomic mass is 19.1. The summed E-state index contributed by atoms with van der Waals surface area (Å²) in [5, 5.41) is 11.7. The van der Waals surface area contributed by atoms with Gasteiger partial charge in [0.15, 0.2) is 17.4 Å². The minimum atomic E-state index is -1.07. The number of rotatable bonds is 7. The number of carboxylic acid groups (broad SMARTS) is 1. The molecular formula is C13H17F2NO3. The molecule has 0 aliphatic heterocycles. The SMILES string of the molecule is CNC(C)(CCCOc1c(F)cccc1F)C(=O)O. The number of ether oxygens (including phenoxy) is 1. The number of likely N-dealkylation sites (N-methyl/N-ethyl adjacent to an activating group) is 1. The molecule has 0 saturated carbocycles. The third-order valence-corrected chi connectivity index (χ3v) is 3.01. The molecule has 0 fully saturated rings. The van der Waals surface area contributed by atoms with Crippen LogP contribution in [0.3, 0.4) is 0 Å². The molecular weight excluding hydrogens is 256 g/mol. The zero-order valence-corrected chi connectivity index (χ0v) is 10.9. The van der Waals surface area contributed by atoms with Crippen LogP contribution in [-0.4, -0.2) is 30.3 Å². The third-order valence-electron chi connectivity index (χ3n) is 3.01. The first-order chi connectivity index (χ1) is 8.90. The van der Waals surface area contributed by atoms with Crippen molar-refractivity contribution in [2.24, 2.45) is 0 Å². The molecule has 0 spiro atoms. The Labute approximate surface area is 110 Å². The third kappa shape index (κ3) is 3.89. The Kier molecular flexibility index (Phi) is 5.23. The van der Waals surface area contributed by atoms with Crippen molar-refractivity contribution >= 4 is 5.97 Å². The summed E-state index contributed by atoms with van der Waals surface area (Å²) in [6, 6.07) is 3.46. The van der Waals surface area contributed by atoms with E-state index in [1.54, 1.807) is 14.0 Å². The summed E-state index contributed by atoms with van der Waals surface area (Å²) in [6.45, 7) is 1.58. The monoisotopic (exact) mass is 273 g/mol. The van der Waals surface area contributed by atoms with E-state index in [1.807, 2.05) is 0 Å². The number of hydrogen-bond donors (Lipinski definition) is 2. The van der Waals surface area contributed by atoms with Crippen LogP contribution in [0.5, 0.6) is 5.75 Å². The fraction of sp³-hybridized carbons (Fsp3) is 0.462. The largest absolute Gasteiger partial charge is 0.488 e. The predicted molar refractivity (Wildman–Crippen MR) is 66.2 cm³/mol. The first-order valence-corrected chi connectivity index (χ1v) is 5.90.